The van der Waals surface area contributed by atoms with Crippen LogP contribution in [-0.4, -0.2) is 16.9 Å². The maximum atomic E-state index is 12.8. The van der Waals surface area contributed by atoms with E-state index in [0.29, 0.717) is 40.4 Å². The Morgan fingerprint density at radius 1 is 1.15 bits per heavy atom. The minimum Gasteiger partial charge on any atom is -0.478 e. The summed E-state index contributed by atoms with van der Waals surface area (Å²) in [6, 6.07) is 0. The summed E-state index contributed by atoms with van der Waals surface area (Å²) >= 11 is 0. The molecule has 0 aromatic heterocycles. The molecule has 3 fully saturated rings. The Morgan fingerprint density at radius 3 is 2.52 bits per heavy atom. The number of hydrogen-bond donors (Lipinski definition) is 1. The van der Waals surface area contributed by atoms with Crippen LogP contribution in [0.1, 0.15) is 106 Å². The monoisotopic (exact) mass is 454 g/mol. The van der Waals surface area contributed by atoms with Gasteiger partial charge in [-0.3, -0.25) is 4.79 Å². The average molecular weight is 455 g/mol. The predicted molar refractivity (Wildman–Crippen MR) is 134 cm³/mol. The van der Waals surface area contributed by atoms with Crippen LogP contribution in [0, 0.1) is 45.3 Å². The molecule has 184 valence electrons. The van der Waals surface area contributed by atoms with Crippen molar-refractivity contribution in [2.45, 2.75) is 106 Å². The van der Waals surface area contributed by atoms with Gasteiger partial charge in [-0.05, 0) is 98.2 Å². The van der Waals surface area contributed by atoms with Gasteiger partial charge >= 0.3 is 5.97 Å². The van der Waals surface area contributed by atoms with Crippen LogP contribution in [0.5, 0.6) is 0 Å². The number of fused-ring (bicyclic) bond motifs is 5. The molecule has 0 aromatic rings. The predicted octanol–water partition coefficient (Wildman–Crippen LogP) is 7.61. The van der Waals surface area contributed by atoms with Gasteiger partial charge in [0.2, 0.25) is 0 Å². The van der Waals surface area contributed by atoms with Gasteiger partial charge in [0.15, 0.2) is 0 Å². The van der Waals surface area contributed by atoms with E-state index in [1.807, 2.05) is 6.08 Å². The molecule has 1 N–H and O–H groups in total. The maximum Gasteiger partial charge on any atom is 0.330 e. The number of carboxylic acids is 1. The second-order valence-corrected chi connectivity index (χ2v) is 13.3. The normalized spacial score (nSPS) is 43.2. The van der Waals surface area contributed by atoms with Gasteiger partial charge in [0.25, 0.3) is 0 Å². The molecular formula is C30H46O3. The average Bonchev–Trinajstić information content (AvgIpc) is 3.02. The topological polar surface area (TPSA) is 54.4 Å². The van der Waals surface area contributed by atoms with Crippen molar-refractivity contribution < 1.29 is 14.7 Å². The first-order valence-corrected chi connectivity index (χ1v) is 13.4. The molecular weight excluding hydrogens is 408 g/mol. The standard InChI is InChI=1S/C30H46O3/c1-19(9-8-10-20(2)26(32)33)21-13-17-30(7)23-11-12-24-27(3,4)25(31)15-16-28(24,5)22(23)14-18-29(21,30)6/h10-11,19,21-22,24H,8-9,12-18H2,1-7H3,(H,32,33)/b20-10-/t19-,21?,22?,24?,28+,29-,30+/m0/s1. The summed E-state index contributed by atoms with van der Waals surface area (Å²) in [4.78, 5) is 23.9. The van der Waals surface area contributed by atoms with Crippen LogP contribution in [0.4, 0.5) is 0 Å². The maximum absolute atomic E-state index is 12.8. The van der Waals surface area contributed by atoms with E-state index >= 15 is 0 Å². The highest BCUT2D eigenvalue weighted by atomic mass is 16.4. The second kappa shape index (κ2) is 8.09. The highest BCUT2D eigenvalue weighted by Gasteiger charge is 2.65. The summed E-state index contributed by atoms with van der Waals surface area (Å²) in [5.74, 6) is 2.05. The lowest BCUT2D eigenvalue weighted by Crippen LogP contribution is -2.57. The van der Waals surface area contributed by atoms with Crippen molar-refractivity contribution >= 4 is 11.8 Å². The molecule has 0 bridgehead atoms. The van der Waals surface area contributed by atoms with E-state index in [-0.39, 0.29) is 16.2 Å². The molecule has 0 heterocycles. The molecule has 3 nitrogen and oxygen atoms in total. The van der Waals surface area contributed by atoms with E-state index in [1.54, 1.807) is 12.5 Å². The van der Waals surface area contributed by atoms with E-state index in [1.165, 1.54) is 25.7 Å². The van der Waals surface area contributed by atoms with Crippen molar-refractivity contribution in [1.82, 2.24) is 0 Å². The Balaban J connectivity index is 1.59. The quantitative estimate of drug-likeness (QED) is 0.343. The number of hydrogen-bond acceptors (Lipinski definition) is 2. The number of ketones is 1. The van der Waals surface area contributed by atoms with E-state index in [2.05, 4.69) is 47.6 Å². The van der Waals surface area contributed by atoms with Crippen molar-refractivity contribution in [2.24, 2.45) is 45.3 Å². The first-order chi connectivity index (χ1) is 15.3. The smallest absolute Gasteiger partial charge is 0.330 e. The third-order valence-corrected chi connectivity index (χ3v) is 11.7. The molecule has 0 amide bonds. The largest absolute Gasteiger partial charge is 0.478 e. The molecule has 4 aliphatic rings. The van der Waals surface area contributed by atoms with Gasteiger partial charge in [0, 0.05) is 17.4 Å². The number of carboxylic acid groups (broad SMARTS) is 1. The van der Waals surface area contributed by atoms with Crippen LogP contribution < -0.4 is 0 Å². The Morgan fingerprint density at radius 2 is 1.85 bits per heavy atom. The van der Waals surface area contributed by atoms with E-state index < -0.39 is 5.97 Å². The third-order valence-electron chi connectivity index (χ3n) is 11.7. The van der Waals surface area contributed by atoms with Crippen LogP contribution in [-0.2, 0) is 9.59 Å². The highest BCUT2D eigenvalue weighted by molar-refractivity contribution is 5.86. The lowest BCUT2D eigenvalue weighted by molar-refractivity contribution is -0.146. The number of allylic oxidation sites excluding steroid dienone is 3. The van der Waals surface area contributed by atoms with Crippen molar-refractivity contribution in [3.63, 3.8) is 0 Å². The summed E-state index contributed by atoms with van der Waals surface area (Å²) < 4.78 is 0. The summed E-state index contributed by atoms with van der Waals surface area (Å²) in [6.45, 7) is 16.2. The van der Waals surface area contributed by atoms with Crippen LogP contribution in [0.25, 0.3) is 0 Å². The van der Waals surface area contributed by atoms with Gasteiger partial charge in [-0.25, -0.2) is 4.79 Å². The molecule has 3 heteroatoms. The van der Waals surface area contributed by atoms with E-state index in [4.69, 9.17) is 5.11 Å². The number of carbonyl (C=O) groups is 2. The fourth-order valence-electron chi connectivity index (χ4n) is 9.32. The summed E-state index contributed by atoms with van der Waals surface area (Å²) in [5.41, 5.74) is 2.80. The molecule has 4 aliphatic carbocycles. The van der Waals surface area contributed by atoms with Gasteiger partial charge in [0.1, 0.15) is 5.78 Å². The Labute approximate surface area is 201 Å². The Hall–Kier alpha value is -1.38. The van der Waals surface area contributed by atoms with Gasteiger partial charge in [-0.15, -0.1) is 0 Å². The molecule has 3 unspecified atom stereocenters. The molecule has 0 radical (unpaired) electrons. The van der Waals surface area contributed by atoms with Crippen LogP contribution in [0.2, 0.25) is 0 Å². The van der Waals surface area contributed by atoms with Crippen LogP contribution in [0.15, 0.2) is 23.3 Å². The molecule has 33 heavy (non-hydrogen) atoms. The minimum absolute atomic E-state index is 0.203. The van der Waals surface area contributed by atoms with Gasteiger partial charge < -0.3 is 5.11 Å². The molecule has 0 spiro atoms. The third kappa shape index (κ3) is 3.50. The van der Waals surface area contributed by atoms with Gasteiger partial charge in [-0.2, -0.15) is 0 Å². The number of rotatable bonds is 5. The number of aliphatic carboxylic acids is 1. The van der Waals surface area contributed by atoms with Crippen LogP contribution in [0.3, 0.4) is 0 Å². The van der Waals surface area contributed by atoms with Crippen molar-refractivity contribution in [1.29, 1.82) is 0 Å². The number of carbonyl (C=O) groups excluding carboxylic acids is 1. The molecule has 0 aromatic carbocycles. The van der Waals surface area contributed by atoms with Crippen molar-refractivity contribution in [3.8, 4) is 0 Å². The summed E-state index contributed by atoms with van der Waals surface area (Å²) in [7, 11) is 0. The zero-order valence-corrected chi connectivity index (χ0v) is 22.1. The number of Topliss-reactive ketones (excluding diaryl/α,β-unsaturated/α-hetero) is 1. The van der Waals surface area contributed by atoms with Crippen LogP contribution >= 0.6 is 0 Å². The molecule has 0 saturated heterocycles. The Bertz CT molecular complexity index is 894. The first kappa shape index (κ1) is 24.7. The Kier molecular flexibility index (Phi) is 6.07. The zero-order valence-electron chi connectivity index (χ0n) is 22.1. The van der Waals surface area contributed by atoms with E-state index in [9.17, 15) is 9.59 Å². The summed E-state index contributed by atoms with van der Waals surface area (Å²) in [6.07, 6.45) is 14.4. The minimum atomic E-state index is -0.801. The second-order valence-electron chi connectivity index (χ2n) is 13.3. The van der Waals surface area contributed by atoms with Crippen molar-refractivity contribution in [3.05, 3.63) is 23.3 Å². The molecule has 4 rings (SSSR count). The van der Waals surface area contributed by atoms with E-state index in [0.717, 1.165) is 32.1 Å². The lowest BCUT2D eigenvalue weighted by atomic mass is 9.41. The fraction of sp³-hybridized carbons (Fsp3) is 0.800. The fourth-order valence-corrected chi connectivity index (χ4v) is 9.32. The highest BCUT2D eigenvalue weighted by Crippen LogP contribution is 2.73. The molecule has 3 saturated carbocycles. The summed E-state index contributed by atoms with van der Waals surface area (Å²) in [5, 5.41) is 9.16. The van der Waals surface area contributed by atoms with Crippen molar-refractivity contribution in [2.75, 3.05) is 0 Å². The lowest BCUT2D eigenvalue weighted by Gasteiger charge is -2.63. The van der Waals surface area contributed by atoms with Gasteiger partial charge in [-0.1, -0.05) is 59.3 Å². The molecule has 7 atom stereocenters. The SMILES string of the molecule is C/C(=C/CC[C@H](C)C1CC[C@]2(C)C3=CCC4C(C)(C)C(=O)CC[C@]4(C)C3CC[C@@]12C)C(=O)O. The van der Waals surface area contributed by atoms with Gasteiger partial charge in [0.05, 0.1) is 0 Å². The first-order valence-electron chi connectivity index (χ1n) is 13.4. The zero-order chi connectivity index (χ0) is 24.4. The molecule has 0 aliphatic heterocycles.